The zero-order chi connectivity index (χ0) is 26.3. The highest BCUT2D eigenvalue weighted by molar-refractivity contribution is 6.24. The zero-order valence-corrected chi connectivity index (χ0v) is 20.6. The van der Waals surface area contributed by atoms with E-state index in [-0.39, 0.29) is 36.9 Å². The fourth-order valence-electron chi connectivity index (χ4n) is 5.94. The van der Waals surface area contributed by atoms with Gasteiger partial charge in [-0.3, -0.25) is 19.3 Å². The van der Waals surface area contributed by atoms with Gasteiger partial charge in [0.05, 0.1) is 29.3 Å². The van der Waals surface area contributed by atoms with Crippen molar-refractivity contribution in [2.24, 2.45) is 5.92 Å². The number of nitrogens with zero attached hydrogens (tertiary/aromatic N) is 2. The summed E-state index contributed by atoms with van der Waals surface area (Å²) in [4.78, 5) is 44.6. The number of anilines is 2. The van der Waals surface area contributed by atoms with E-state index in [0.29, 0.717) is 11.3 Å². The van der Waals surface area contributed by atoms with Gasteiger partial charge in [-0.25, -0.2) is 4.39 Å². The highest BCUT2D eigenvalue weighted by Crippen LogP contribution is 2.53. The average molecular weight is 505 g/mol. The third-order valence-corrected chi connectivity index (χ3v) is 7.63. The van der Waals surface area contributed by atoms with Crippen LogP contribution in [0.3, 0.4) is 0 Å². The molecule has 4 aromatic rings. The summed E-state index contributed by atoms with van der Waals surface area (Å²) in [6.07, 6.45) is 0.0299. The van der Waals surface area contributed by atoms with Crippen LogP contribution in [-0.2, 0) is 32.8 Å². The summed E-state index contributed by atoms with van der Waals surface area (Å²) in [5.41, 5.74) is 1.32. The highest BCUT2D eigenvalue weighted by Gasteiger charge is 2.62. The molecule has 38 heavy (non-hydrogen) atoms. The topological polar surface area (TPSA) is 57.7 Å². The van der Waals surface area contributed by atoms with Crippen molar-refractivity contribution in [2.45, 2.75) is 24.8 Å². The van der Waals surface area contributed by atoms with Gasteiger partial charge in [0.15, 0.2) is 0 Å². The number of hydrogen-bond donors (Lipinski definition) is 0. The Balaban J connectivity index is 1.53. The van der Waals surface area contributed by atoms with Crippen LogP contribution in [-0.4, -0.2) is 17.7 Å². The van der Waals surface area contributed by atoms with Gasteiger partial charge in [-0.05, 0) is 41.3 Å². The first kappa shape index (κ1) is 23.8. The largest absolute Gasteiger partial charge is 0.304 e. The molecule has 1 fully saturated rings. The molecule has 4 aromatic carbocycles. The van der Waals surface area contributed by atoms with E-state index in [1.165, 1.54) is 15.9 Å². The van der Waals surface area contributed by atoms with Crippen LogP contribution in [0.5, 0.6) is 0 Å². The summed E-state index contributed by atoms with van der Waals surface area (Å²) in [6, 6.07) is 32.1. The Hall–Kier alpha value is -4.58. The second-order valence-corrected chi connectivity index (χ2v) is 9.81. The third-order valence-electron chi connectivity index (χ3n) is 7.63. The molecule has 0 N–H and O–H groups in total. The summed E-state index contributed by atoms with van der Waals surface area (Å²) < 4.78 is 15.5. The Kier molecular flexibility index (Phi) is 5.87. The van der Waals surface area contributed by atoms with Gasteiger partial charge in [-0.1, -0.05) is 91.0 Å². The van der Waals surface area contributed by atoms with Gasteiger partial charge in [0.25, 0.3) is 0 Å². The maximum absolute atomic E-state index is 15.5. The minimum Gasteiger partial charge on any atom is -0.304 e. The first-order valence-electron chi connectivity index (χ1n) is 12.6. The fraction of sp³-hybridized carbons (Fsp3) is 0.156. The number of hydrogen-bond acceptors (Lipinski definition) is 3. The van der Waals surface area contributed by atoms with Gasteiger partial charge in [-0.2, -0.15) is 0 Å². The van der Waals surface area contributed by atoms with Gasteiger partial charge >= 0.3 is 0 Å². The van der Waals surface area contributed by atoms with Gasteiger partial charge in [-0.15, -0.1) is 0 Å². The van der Waals surface area contributed by atoms with E-state index in [9.17, 15) is 14.4 Å². The van der Waals surface area contributed by atoms with Crippen LogP contribution in [0.15, 0.2) is 109 Å². The predicted molar refractivity (Wildman–Crippen MR) is 143 cm³/mol. The Bertz CT molecular complexity index is 1520. The molecule has 3 amide bonds. The van der Waals surface area contributed by atoms with Crippen molar-refractivity contribution in [3.8, 4) is 0 Å². The quantitative estimate of drug-likeness (QED) is 0.329. The molecule has 0 unspecified atom stereocenters. The van der Waals surface area contributed by atoms with E-state index in [2.05, 4.69) is 0 Å². The van der Waals surface area contributed by atoms with E-state index < -0.39 is 23.1 Å². The Morgan fingerprint density at radius 3 is 2.00 bits per heavy atom. The molecule has 5 nitrogen and oxygen atoms in total. The highest BCUT2D eigenvalue weighted by atomic mass is 19.1. The van der Waals surface area contributed by atoms with Crippen LogP contribution in [0.25, 0.3) is 0 Å². The minimum atomic E-state index is -1.44. The lowest BCUT2D eigenvalue weighted by Crippen LogP contribution is -2.50. The number of carbonyl (C=O) groups excluding carboxylic acids is 3. The van der Waals surface area contributed by atoms with Gasteiger partial charge in [0.1, 0.15) is 5.82 Å². The molecule has 0 radical (unpaired) electrons. The number of benzene rings is 4. The molecular formula is C32H25FN2O3. The average Bonchev–Trinajstić information content (AvgIpc) is 3.37. The molecule has 6 rings (SSSR count). The molecule has 0 saturated carbocycles. The van der Waals surface area contributed by atoms with Crippen LogP contribution in [0.1, 0.15) is 23.1 Å². The number of carbonyl (C=O) groups is 3. The molecule has 0 aromatic heterocycles. The standard InChI is InChI=1S/C32H25FN2O3/c33-27-18-10-17-25-29(27)34(21-23-13-6-2-7-14-23)31(38)32(25,20-22-11-4-1-5-12-22)26-19-28(36)35(30(26)37)24-15-8-3-9-16-24/h1-18,26H,19-21H2/t26-,32+/m0/s1. The molecule has 2 aliphatic rings. The molecule has 2 atom stereocenters. The first-order chi connectivity index (χ1) is 18.5. The molecular weight excluding hydrogens is 479 g/mol. The van der Waals surface area contributed by atoms with Crippen molar-refractivity contribution in [1.29, 1.82) is 0 Å². The summed E-state index contributed by atoms with van der Waals surface area (Å²) in [6.45, 7) is 0.154. The first-order valence-corrected chi connectivity index (χ1v) is 12.6. The lowest BCUT2D eigenvalue weighted by atomic mass is 9.66. The van der Waals surface area contributed by atoms with Gasteiger partial charge < -0.3 is 4.90 Å². The number of imide groups is 1. The number of para-hydroxylation sites is 2. The van der Waals surface area contributed by atoms with Crippen LogP contribution >= 0.6 is 0 Å². The maximum atomic E-state index is 15.5. The van der Waals surface area contributed by atoms with Crippen molar-refractivity contribution in [3.05, 3.63) is 132 Å². The Morgan fingerprint density at radius 1 is 0.737 bits per heavy atom. The predicted octanol–water partition coefficient (Wildman–Crippen LogP) is 5.43. The van der Waals surface area contributed by atoms with Crippen molar-refractivity contribution in [1.82, 2.24) is 0 Å². The van der Waals surface area contributed by atoms with Crippen LogP contribution in [0.4, 0.5) is 15.8 Å². The third kappa shape index (κ3) is 3.72. The van der Waals surface area contributed by atoms with Crippen molar-refractivity contribution in [3.63, 3.8) is 0 Å². The second-order valence-electron chi connectivity index (χ2n) is 9.81. The lowest BCUT2D eigenvalue weighted by molar-refractivity contribution is -0.131. The molecule has 0 aliphatic carbocycles. The van der Waals surface area contributed by atoms with E-state index in [1.54, 1.807) is 36.4 Å². The van der Waals surface area contributed by atoms with Crippen molar-refractivity contribution in [2.75, 3.05) is 9.80 Å². The molecule has 0 spiro atoms. The van der Waals surface area contributed by atoms with E-state index in [0.717, 1.165) is 11.1 Å². The summed E-state index contributed by atoms with van der Waals surface area (Å²) in [5, 5.41) is 0. The van der Waals surface area contributed by atoms with Crippen molar-refractivity contribution < 1.29 is 18.8 Å². The summed E-state index contributed by atoms with van der Waals surface area (Å²) in [5.74, 6) is -2.69. The van der Waals surface area contributed by atoms with Crippen molar-refractivity contribution >= 4 is 29.1 Å². The van der Waals surface area contributed by atoms with E-state index >= 15 is 4.39 Å². The molecule has 0 bridgehead atoms. The van der Waals surface area contributed by atoms with Crippen LogP contribution < -0.4 is 9.80 Å². The van der Waals surface area contributed by atoms with Gasteiger partial charge in [0, 0.05) is 6.42 Å². The number of halogens is 1. The maximum Gasteiger partial charge on any atom is 0.239 e. The summed E-state index contributed by atoms with van der Waals surface area (Å²) in [7, 11) is 0. The van der Waals surface area contributed by atoms with Crippen LogP contribution in [0, 0.1) is 11.7 Å². The van der Waals surface area contributed by atoms with Crippen LogP contribution in [0.2, 0.25) is 0 Å². The molecule has 2 heterocycles. The smallest absolute Gasteiger partial charge is 0.239 e. The molecule has 188 valence electrons. The Labute approximate surface area is 220 Å². The number of amides is 3. The molecule has 1 saturated heterocycles. The lowest BCUT2D eigenvalue weighted by Gasteiger charge is -2.33. The Morgan fingerprint density at radius 2 is 1.34 bits per heavy atom. The monoisotopic (exact) mass is 504 g/mol. The minimum absolute atomic E-state index is 0.137. The van der Waals surface area contributed by atoms with Gasteiger partial charge in [0.2, 0.25) is 17.7 Å². The SMILES string of the molecule is O=C1C[C@H]([C@]2(Cc3ccccc3)C(=O)N(Cc3ccccc3)c3c(F)cccc32)C(=O)N1c1ccccc1. The normalized spacial score (nSPS) is 20.8. The zero-order valence-electron chi connectivity index (χ0n) is 20.6. The molecule has 2 aliphatic heterocycles. The van der Waals surface area contributed by atoms with E-state index in [1.807, 2.05) is 66.7 Å². The summed E-state index contributed by atoms with van der Waals surface area (Å²) >= 11 is 0. The second kappa shape index (κ2) is 9.38. The fourth-order valence-corrected chi connectivity index (χ4v) is 5.94. The molecule has 6 heteroatoms. The number of fused-ring (bicyclic) bond motifs is 1. The van der Waals surface area contributed by atoms with E-state index in [4.69, 9.17) is 0 Å². The number of rotatable bonds is 6.